The topological polar surface area (TPSA) is 18.5 Å². The Balaban J connectivity index is 1.69. The van der Waals surface area contributed by atoms with Gasteiger partial charge in [-0.3, -0.25) is 0 Å². The van der Waals surface area contributed by atoms with E-state index in [1.54, 1.807) is 0 Å². The van der Waals surface area contributed by atoms with Gasteiger partial charge in [-0.15, -0.1) is 0 Å². The second-order valence-corrected chi connectivity index (χ2v) is 7.76. The van der Waals surface area contributed by atoms with Gasteiger partial charge in [-0.1, -0.05) is 87.9 Å². The third-order valence-electron chi connectivity index (χ3n) is 5.92. The van der Waals surface area contributed by atoms with Crippen molar-refractivity contribution in [3.63, 3.8) is 0 Å². The van der Waals surface area contributed by atoms with Gasteiger partial charge in [0.2, 0.25) is 0 Å². The van der Waals surface area contributed by atoms with Crippen LogP contribution in [0.15, 0.2) is 60.7 Å². The van der Waals surface area contributed by atoms with E-state index in [-0.39, 0.29) is 12.2 Å². The molecular weight excluding hydrogens is 320 g/mol. The largest absolute Gasteiger partial charge is 0.371 e. The van der Waals surface area contributed by atoms with Gasteiger partial charge in [-0.25, -0.2) is 0 Å². The smallest absolute Gasteiger partial charge is 0.0872 e. The molecule has 0 radical (unpaired) electrons. The molecule has 140 valence electrons. The van der Waals surface area contributed by atoms with Crippen LogP contribution in [0.3, 0.4) is 0 Å². The molecule has 2 aromatic rings. The maximum atomic E-state index is 6.46. The van der Waals surface area contributed by atoms with Crippen LogP contribution >= 0.6 is 0 Å². The number of benzene rings is 2. The molecule has 0 aromatic heterocycles. The molecule has 0 unspecified atom stereocenters. The molecule has 1 fully saturated rings. The molecule has 0 aliphatic heterocycles. The molecule has 0 heterocycles. The Bertz CT molecular complexity index is 640. The molecular formula is C24H32O2. The molecule has 0 N–H and O–H groups in total. The van der Waals surface area contributed by atoms with Crippen molar-refractivity contribution in [3.05, 3.63) is 71.8 Å². The molecule has 3 rings (SSSR count). The predicted molar refractivity (Wildman–Crippen MR) is 107 cm³/mol. The molecule has 26 heavy (non-hydrogen) atoms. The molecule has 1 aliphatic carbocycles. The molecule has 1 saturated carbocycles. The Labute approximate surface area is 158 Å². The summed E-state index contributed by atoms with van der Waals surface area (Å²) < 4.78 is 12.9. The van der Waals surface area contributed by atoms with Crippen LogP contribution in [-0.4, -0.2) is 12.2 Å². The monoisotopic (exact) mass is 352 g/mol. The van der Waals surface area contributed by atoms with Gasteiger partial charge in [0.15, 0.2) is 0 Å². The maximum Gasteiger partial charge on any atom is 0.0872 e. The predicted octanol–water partition coefficient (Wildman–Crippen LogP) is 5.86. The minimum atomic E-state index is 0.146. The van der Waals surface area contributed by atoms with E-state index < -0.39 is 0 Å². The number of hydrogen-bond acceptors (Lipinski definition) is 2. The van der Waals surface area contributed by atoms with Gasteiger partial charge in [0.1, 0.15) is 0 Å². The minimum Gasteiger partial charge on any atom is -0.371 e. The summed E-state index contributed by atoms with van der Waals surface area (Å²) in [6.07, 6.45) is 2.73. The van der Waals surface area contributed by atoms with Crippen molar-refractivity contribution < 1.29 is 9.47 Å². The first-order valence-electron chi connectivity index (χ1n) is 10.00. The highest BCUT2D eigenvalue weighted by atomic mass is 16.5. The molecule has 5 atom stereocenters. The van der Waals surface area contributed by atoms with E-state index in [0.717, 1.165) is 0 Å². The Morgan fingerprint density at radius 3 is 1.77 bits per heavy atom. The fourth-order valence-corrected chi connectivity index (χ4v) is 4.30. The lowest BCUT2D eigenvalue weighted by Gasteiger charge is -2.44. The Morgan fingerprint density at radius 1 is 0.769 bits per heavy atom. The van der Waals surface area contributed by atoms with E-state index in [0.29, 0.717) is 31.0 Å². The summed E-state index contributed by atoms with van der Waals surface area (Å²) >= 11 is 0. The van der Waals surface area contributed by atoms with Crippen molar-refractivity contribution in [3.8, 4) is 0 Å². The Hall–Kier alpha value is -1.64. The van der Waals surface area contributed by atoms with Crippen LogP contribution in [0, 0.1) is 17.8 Å². The van der Waals surface area contributed by atoms with Crippen LogP contribution < -0.4 is 0 Å². The molecule has 0 spiro atoms. The highest BCUT2D eigenvalue weighted by Gasteiger charge is 2.41. The van der Waals surface area contributed by atoms with E-state index in [9.17, 15) is 0 Å². The summed E-state index contributed by atoms with van der Waals surface area (Å²) in [5, 5.41) is 0. The molecule has 2 heteroatoms. The fraction of sp³-hybridized carbons (Fsp3) is 0.500. The first-order chi connectivity index (χ1) is 12.7. The van der Waals surface area contributed by atoms with E-state index in [4.69, 9.17) is 9.47 Å². The SMILES string of the molecule is CC[C@H]1C[C@@H](C)[C@H](OCc2ccccc2)[C@@H](OCc2ccccc2)[C@@H]1C. The molecule has 0 amide bonds. The van der Waals surface area contributed by atoms with E-state index in [1.165, 1.54) is 24.0 Å². The van der Waals surface area contributed by atoms with Crippen molar-refractivity contribution in [2.45, 2.75) is 59.0 Å². The van der Waals surface area contributed by atoms with E-state index in [2.05, 4.69) is 69.3 Å². The van der Waals surface area contributed by atoms with Gasteiger partial charge >= 0.3 is 0 Å². The average Bonchev–Trinajstić information content (AvgIpc) is 2.69. The number of ether oxygens (including phenoxy) is 2. The van der Waals surface area contributed by atoms with Crippen molar-refractivity contribution in [1.82, 2.24) is 0 Å². The lowest BCUT2D eigenvalue weighted by molar-refractivity contribution is -0.159. The average molecular weight is 353 g/mol. The highest BCUT2D eigenvalue weighted by molar-refractivity contribution is 5.14. The van der Waals surface area contributed by atoms with Crippen molar-refractivity contribution in [2.24, 2.45) is 17.8 Å². The molecule has 2 nitrogen and oxygen atoms in total. The van der Waals surface area contributed by atoms with Crippen molar-refractivity contribution in [2.75, 3.05) is 0 Å². The second kappa shape index (κ2) is 9.34. The molecule has 1 aliphatic rings. The van der Waals surface area contributed by atoms with Gasteiger partial charge in [0.05, 0.1) is 25.4 Å². The summed E-state index contributed by atoms with van der Waals surface area (Å²) in [5.41, 5.74) is 2.46. The summed E-state index contributed by atoms with van der Waals surface area (Å²) in [7, 11) is 0. The summed E-state index contributed by atoms with van der Waals surface area (Å²) in [5.74, 6) is 1.74. The lowest BCUT2D eigenvalue weighted by Crippen LogP contribution is -2.48. The van der Waals surface area contributed by atoms with Gasteiger partial charge in [-0.05, 0) is 35.3 Å². The fourth-order valence-electron chi connectivity index (χ4n) is 4.30. The lowest BCUT2D eigenvalue weighted by atomic mass is 9.71. The van der Waals surface area contributed by atoms with Crippen molar-refractivity contribution >= 4 is 0 Å². The number of hydrogen-bond donors (Lipinski definition) is 0. The molecule has 0 saturated heterocycles. The van der Waals surface area contributed by atoms with E-state index in [1.807, 2.05) is 12.1 Å². The summed E-state index contributed by atoms with van der Waals surface area (Å²) in [6, 6.07) is 20.9. The van der Waals surface area contributed by atoms with Crippen LogP contribution in [0.2, 0.25) is 0 Å². The van der Waals surface area contributed by atoms with Crippen LogP contribution in [0.25, 0.3) is 0 Å². The van der Waals surface area contributed by atoms with Crippen LogP contribution in [-0.2, 0) is 22.7 Å². The van der Waals surface area contributed by atoms with Gasteiger partial charge in [0, 0.05) is 0 Å². The van der Waals surface area contributed by atoms with Gasteiger partial charge in [-0.2, -0.15) is 0 Å². The molecule has 2 aromatic carbocycles. The first-order valence-corrected chi connectivity index (χ1v) is 10.00. The normalized spacial score (nSPS) is 28.8. The highest BCUT2D eigenvalue weighted by Crippen LogP contribution is 2.39. The second-order valence-electron chi connectivity index (χ2n) is 7.76. The zero-order chi connectivity index (χ0) is 18.4. The first kappa shape index (κ1) is 19.1. The van der Waals surface area contributed by atoms with Crippen LogP contribution in [0.5, 0.6) is 0 Å². The van der Waals surface area contributed by atoms with Crippen LogP contribution in [0.1, 0.15) is 44.7 Å². The summed E-state index contributed by atoms with van der Waals surface area (Å²) in [4.78, 5) is 0. The quantitative estimate of drug-likeness (QED) is 0.621. The minimum absolute atomic E-state index is 0.146. The number of rotatable bonds is 7. The zero-order valence-electron chi connectivity index (χ0n) is 16.3. The third-order valence-corrected chi connectivity index (χ3v) is 5.92. The Kier molecular flexibility index (Phi) is 6.87. The maximum absolute atomic E-state index is 6.46. The van der Waals surface area contributed by atoms with Gasteiger partial charge < -0.3 is 9.47 Å². The Morgan fingerprint density at radius 2 is 1.27 bits per heavy atom. The standard InChI is InChI=1S/C24H32O2/c1-4-22-15-18(2)23(25-16-20-11-7-5-8-12-20)24(19(22)3)26-17-21-13-9-6-10-14-21/h5-14,18-19,22-24H,4,15-17H2,1-3H3/t18-,19-,22+,23+,24+/m1/s1. The zero-order valence-corrected chi connectivity index (χ0v) is 16.3. The third kappa shape index (κ3) is 4.75. The van der Waals surface area contributed by atoms with E-state index >= 15 is 0 Å². The van der Waals surface area contributed by atoms with Gasteiger partial charge in [0.25, 0.3) is 0 Å². The van der Waals surface area contributed by atoms with Crippen molar-refractivity contribution in [1.29, 1.82) is 0 Å². The summed E-state index contributed by atoms with van der Waals surface area (Å²) in [6.45, 7) is 8.28. The van der Waals surface area contributed by atoms with Crippen LogP contribution in [0.4, 0.5) is 0 Å². The molecule has 0 bridgehead atoms.